The van der Waals surface area contributed by atoms with Crippen molar-refractivity contribution < 1.29 is 13.9 Å². The highest BCUT2D eigenvalue weighted by molar-refractivity contribution is 7.08. The molecule has 1 aromatic heterocycles. The molecule has 4 heteroatoms. The van der Waals surface area contributed by atoms with Crippen molar-refractivity contribution in [3.8, 4) is 11.1 Å². The van der Waals surface area contributed by atoms with Crippen molar-refractivity contribution >= 4 is 11.3 Å². The number of aliphatic hydroxyl groups is 1. The summed E-state index contributed by atoms with van der Waals surface area (Å²) < 4.78 is 28.0. The average molecular weight is 266 g/mol. The molecule has 1 saturated carbocycles. The fourth-order valence-electron chi connectivity index (χ4n) is 2.32. The zero-order chi connectivity index (χ0) is 12.8. The van der Waals surface area contributed by atoms with E-state index in [2.05, 4.69) is 0 Å². The van der Waals surface area contributed by atoms with E-state index < -0.39 is 17.2 Å². The second-order valence-electron chi connectivity index (χ2n) is 4.71. The Hall–Kier alpha value is -1.26. The quantitative estimate of drug-likeness (QED) is 0.869. The normalized spacial score (nSPS) is 17.5. The van der Waals surface area contributed by atoms with Crippen molar-refractivity contribution in [2.45, 2.75) is 24.9 Å². The van der Waals surface area contributed by atoms with Gasteiger partial charge in [0.1, 0.15) is 11.6 Å². The van der Waals surface area contributed by atoms with Gasteiger partial charge in [0.05, 0.1) is 11.2 Å². The minimum absolute atomic E-state index is 0.0112. The number of benzene rings is 1. The van der Waals surface area contributed by atoms with Gasteiger partial charge >= 0.3 is 0 Å². The fourth-order valence-corrected chi connectivity index (χ4v) is 2.97. The Morgan fingerprint density at radius 3 is 2.28 bits per heavy atom. The van der Waals surface area contributed by atoms with Crippen LogP contribution < -0.4 is 0 Å². The first kappa shape index (κ1) is 11.8. The Labute approximate surface area is 108 Å². The molecule has 18 heavy (non-hydrogen) atoms. The van der Waals surface area contributed by atoms with Gasteiger partial charge in [-0.1, -0.05) is 0 Å². The molecule has 1 aliphatic carbocycles. The van der Waals surface area contributed by atoms with Crippen LogP contribution in [0.15, 0.2) is 29.0 Å². The van der Waals surface area contributed by atoms with Crippen molar-refractivity contribution in [2.24, 2.45) is 0 Å². The van der Waals surface area contributed by atoms with Crippen LogP contribution in [-0.2, 0) is 5.60 Å². The van der Waals surface area contributed by atoms with E-state index in [0.29, 0.717) is 24.0 Å². The second kappa shape index (κ2) is 4.14. The maximum absolute atomic E-state index is 14.0. The van der Waals surface area contributed by atoms with Crippen LogP contribution in [0.2, 0.25) is 0 Å². The van der Waals surface area contributed by atoms with Gasteiger partial charge in [-0.05, 0) is 59.3 Å². The zero-order valence-corrected chi connectivity index (χ0v) is 10.4. The average Bonchev–Trinajstić information content (AvgIpc) is 2.78. The molecule has 1 heterocycles. The molecule has 0 spiro atoms. The van der Waals surface area contributed by atoms with Gasteiger partial charge in [-0.15, -0.1) is 0 Å². The van der Waals surface area contributed by atoms with Gasteiger partial charge in [-0.3, -0.25) is 0 Å². The van der Waals surface area contributed by atoms with Crippen LogP contribution in [-0.4, -0.2) is 5.11 Å². The van der Waals surface area contributed by atoms with E-state index in [9.17, 15) is 13.9 Å². The lowest BCUT2D eigenvalue weighted by molar-refractivity contribution is -0.0392. The summed E-state index contributed by atoms with van der Waals surface area (Å²) in [4.78, 5) is 0. The van der Waals surface area contributed by atoms with Crippen LogP contribution in [0.5, 0.6) is 0 Å². The summed E-state index contributed by atoms with van der Waals surface area (Å²) in [7, 11) is 0. The molecule has 1 fully saturated rings. The van der Waals surface area contributed by atoms with Crippen LogP contribution in [0, 0.1) is 11.6 Å². The van der Waals surface area contributed by atoms with Crippen molar-refractivity contribution in [1.82, 2.24) is 0 Å². The molecule has 0 unspecified atom stereocenters. The summed E-state index contributed by atoms with van der Waals surface area (Å²) in [5, 5.41) is 13.6. The minimum Gasteiger partial charge on any atom is -0.385 e. The highest BCUT2D eigenvalue weighted by atomic mass is 32.1. The number of halogens is 2. The Balaban J connectivity index is 2.09. The molecule has 94 valence electrons. The van der Waals surface area contributed by atoms with Gasteiger partial charge in [-0.25, -0.2) is 8.78 Å². The van der Waals surface area contributed by atoms with Gasteiger partial charge in [0.25, 0.3) is 0 Å². The van der Waals surface area contributed by atoms with E-state index >= 15 is 0 Å². The lowest BCUT2D eigenvalue weighted by atomic mass is 9.75. The highest BCUT2D eigenvalue weighted by Gasteiger charge is 2.37. The SMILES string of the molecule is OC1(c2cc(F)c(-c3ccsc3)c(F)c2)CCC1. The molecule has 2 aromatic rings. The number of hydrogen-bond donors (Lipinski definition) is 1. The molecule has 0 amide bonds. The lowest BCUT2D eigenvalue weighted by Crippen LogP contribution is -2.33. The maximum atomic E-state index is 14.0. The van der Waals surface area contributed by atoms with Gasteiger partial charge < -0.3 is 5.11 Å². The third kappa shape index (κ3) is 1.76. The van der Waals surface area contributed by atoms with Gasteiger partial charge in [0.15, 0.2) is 0 Å². The number of thiophene rings is 1. The first-order valence-electron chi connectivity index (χ1n) is 5.85. The first-order chi connectivity index (χ1) is 8.60. The molecule has 0 bridgehead atoms. The van der Waals surface area contributed by atoms with Gasteiger partial charge in [0, 0.05) is 0 Å². The smallest absolute Gasteiger partial charge is 0.134 e. The van der Waals surface area contributed by atoms with Crippen LogP contribution in [0.4, 0.5) is 8.78 Å². The molecule has 1 aromatic carbocycles. The van der Waals surface area contributed by atoms with Crippen molar-refractivity contribution in [3.63, 3.8) is 0 Å². The van der Waals surface area contributed by atoms with E-state index in [1.807, 2.05) is 0 Å². The standard InChI is InChI=1S/C14H12F2OS/c15-11-6-10(14(17)3-1-4-14)7-12(16)13(11)9-2-5-18-8-9/h2,5-8,17H,1,3-4H2. The molecule has 1 nitrogen and oxygen atoms in total. The van der Waals surface area contributed by atoms with Gasteiger partial charge in [0.2, 0.25) is 0 Å². The zero-order valence-electron chi connectivity index (χ0n) is 9.62. The van der Waals surface area contributed by atoms with Crippen molar-refractivity contribution in [1.29, 1.82) is 0 Å². The van der Waals surface area contributed by atoms with E-state index in [0.717, 1.165) is 6.42 Å². The van der Waals surface area contributed by atoms with E-state index in [-0.39, 0.29) is 5.56 Å². The fraction of sp³-hybridized carbons (Fsp3) is 0.286. The minimum atomic E-state index is -1.03. The van der Waals surface area contributed by atoms with Crippen LogP contribution >= 0.6 is 11.3 Å². The van der Waals surface area contributed by atoms with E-state index in [4.69, 9.17) is 0 Å². The summed E-state index contributed by atoms with van der Waals surface area (Å²) in [5.41, 5.74) is -0.151. The molecule has 1 N–H and O–H groups in total. The molecule has 0 saturated heterocycles. The lowest BCUT2D eigenvalue weighted by Gasteiger charge is -2.37. The van der Waals surface area contributed by atoms with Crippen LogP contribution in [0.25, 0.3) is 11.1 Å². The van der Waals surface area contributed by atoms with Crippen molar-refractivity contribution in [3.05, 3.63) is 46.2 Å². The van der Waals surface area contributed by atoms with Gasteiger partial charge in [-0.2, -0.15) is 11.3 Å². The Bertz CT molecular complexity index is 550. The molecule has 3 rings (SSSR count). The number of hydrogen-bond acceptors (Lipinski definition) is 2. The third-order valence-corrected chi connectivity index (χ3v) is 4.25. The molecule has 0 radical (unpaired) electrons. The predicted octanol–water partition coefficient (Wildman–Crippen LogP) is 4.06. The molecule has 0 atom stereocenters. The summed E-state index contributed by atoms with van der Waals surface area (Å²) in [6.07, 6.45) is 2.04. The van der Waals surface area contributed by atoms with E-state index in [1.165, 1.54) is 23.5 Å². The summed E-state index contributed by atoms with van der Waals surface area (Å²) >= 11 is 1.39. The second-order valence-corrected chi connectivity index (χ2v) is 5.49. The monoisotopic (exact) mass is 266 g/mol. The third-order valence-electron chi connectivity index (χ3n) is 3.57. The Morgan fingerprint density at radius 1 is 1.17 bits per heavy atom. The maximum Gasteiger partial charge on any atom is 0.134 e. The molecular weight excluding hydrogens is 254 g/mol. The summed E-state index contributed by atoms with van der Waals surface area (Å²) in [6.45, 7) is 0. The largest absolute Gasteiger partial charge is 0.385 e. The molecule has 0 aliphatic heterocycles. The number of rotatable bonds is 2. The Kier molecular flexibility index (Phi) is 2.72. The van der Waals surface area contributed by atoms with Crippen molar-refractivity contribution in [2.75, 3.05) is 0 Å². The van der Waals surface area contributed by atoms with Crippen LogP contribution in [0.3, 0.4) is 0 Å². The summed E-state index contributed by atoms with van der Waals surface area (Å²) in [6, 6.07) is 4.20. The molecule has 1 aliphatic rings. The van der Waals surface area contributed by atoms with E-state index in [1.54, 1.807) is 16.8 Å². The predicted molar refractivity (Wildman–Crippen MR) is 67.4 cm³/mol. The van der Waals surface area contributed by atoms with Crippen LogP contribution in [0.1, 0.15) is 24.8 Å². The topological polar surface area (TPSA) is 20.2 Å². The first-order valence-corrected chi connectivity index (χ1v) is 6.79. The Morgan fingerprint density at radius 2 is 1.83 bits per heavy atom. The highest BCUT2D eigenvalue weighted by Crippen LogP contribution is 2.42. The molecular formula is C14H12F2OS. The summed E-state index contributed by atoms with van der Waals surface area (Å²) in [5.74, 6) is -1.22.